The largest absolute Gasteiger partial charge is 0.357 e. The Morgan fingerprint density at radius 2 is 0.292 bits per heavy atom. The van der Waals surface area contributed by atoms with Gasteiger partial charge in [0.15, 0.2) is 0 Å². The summed E-state index contributed by atoms with van der Waals surface area (Å²) >= 11 is 0. The lowest BCUT2D eigenvalue weighted by atomic mass is 10.3. The van der Waals surface area contributed by atoms with Crippen molar-refractivity contribution in [2.75, 3.05) is 7.11 Å². The van der Waals surface area contributed by atoms with Crippen LogP contribution >= 0.6 is 0 Å². The highest BCUT2D eigenvalue weighted by Crippen LogP contribution is 2.26. The number of nitrogens with zero attached hydrogens (tertiary/aromatic N) is 3. The molecule has 1 atom stereocenters. The van der Waals surface area contributed by atoms with E-state index in [0.717, 1.165) is 0 Å². The van der Waals surface area contributed by atoms with Gasteiger partial charge < -0.3 is 4.74 Å². The van der Waals surface area contributed by atoms with Crippen molar-refractivity contribution in [2.24, 2.45) is 5.73 Å². The molecule has 0 aliphatic carbocycles. The fourth-order valence-corrected chi connectivity index (χ4v) is 0.621. The molecule has 86 heteroatoms. The molecular formula is C3H21Cl15F6N4O61. The van der Waals surface area contributed by atoms with Gasteiger partial charge in [0.1, 0.15) is 0 Å². The molecule has 0 aromatic carbocycles. The van der Waals surface area contributed by atoms with Crippen molar-refractivity contribution < 1.29 is 465 Å². The molecule has 0 spiro atoms. The van der Waals surface area contributed by atoms with Crippen LogP contribution in [0.25, 0.3) is 0 Å². The zero-order chi connectivity index (χ0) is 79.0. The van der Waals surface area contributed by atoms with Gasteiger partial charge in [-0.3, -0.25) is 5.73 Å². The predicted octanol–water partition coefficient (Wildman–Crippen LogP) is -61.1. The number of nitrogens with two attached hydrogens (primary N) is 1. The average molecular weight is 1730 g/mol. The second-order valence-electron chi connectivity index (χ2n) is 8.04. The molecule has 89 heavy (non-hydrogen) atoms. The Labute approximate surface area is 503 Å². The van der Waals surface area contributed by atoms with Crippen LogP contribution in [0.4, 0.5) is 26.9 Å². The lowest BCUT2D eigenvalue weighted by molar-refractivity contribution is -1.92. The maximum Gasteiger partial charge on any atom is 0.289 e. The topological polar surface area (TPSA) is 1390 Å². The van der Waals surface area contributed by atoms with E-state index in [1.807, 2.05) is 0 Å². The van der Waals surface area contributed by atoms with Crippen LogP contribution in [0, 0.1) is 154 Å². The minimum Gasteiger partial charge on any atom is -0.357 e. The summed E-state index contributed by atoms with van der Waals surface area (Å²) in [5, 5.41) is -6.57. The molecule has 0 saturated heterocycles. The number of ether oxygens (including phenoxy) is 1. The highest BCUT2D eigenvalue weighted by atomic mass is 35.7. The molecule has 0 heterocycles. The monoisotopic (exact) mass is 1730 g/mol. The Bertz CT molecular complexity index is 1000. The zero-order valence-corrected chi connectivity index (χ0v) is 48.8. The van der Waals surface area contributed by atoms with Crippen LogP contribution in [-0.2, 0) is 4.74 Å². The second kappa shape index (κ2) is 57.3. The van der Waals surface area contributed by atoms with Crippen molar-refractivity contribution in [3.8, 4) is 0 Å². The Balaban J connectivity index is -0.0000000463. The Morgan fingerprint density at radius 3 is 0.303 bits per heavy atom. The first-order chi connectivity index (χ1) is 36.3. The van der Waals surface area contributed by atoms with E-state index in [-0.39, 0.29) is 0 Å². The van der Waals surface area contributed by atoms with E-state index in [9.17, 15) is 26.9 Å². The Kier molecular flexibility index (Phi) is 83.9. The summed E-state index contributed by atoms with van der Waals surface area (Å²) in [6.45, 7) is 0. The van der Waals surface area contributed by atoms with Crippen LogP contribution in [0.2, 0.25) is 0 Å². The summed E-state index contributed by atoms with van der Waals surface area (Å²) < 4.78 is 566. The quantitative estimate of drug-likeness (QED) is 0.0690. The van der Waals surface area contributed by atoms with Crippen molar-refractivity contribution in [1.29, 1.82) is 0 Å². The molecule has 566 valence electrons. The third-order valence-corrected chi connectivity index (χ3v) is 1.31. The summed E-state index contributed by atoms with van der Waals surface area (Å²) in [4.78, 5) is 0. The van der Waals surface area contributed by atoms with Crippen LogP contribution in [0.1, 0.15) is 0 Å². The van der Waals surface area contributed by atoms with Gasteiger partial charge in [0.25, 0.3) is 5.79 Å². The average Bonchev–Trinajstić information content (AvgIpc) is 2.92. The number of hydrogen-bond donors (Lipinski definition) is 16. The minimum atomic E-state index is -4.69. The van der Waals surface area contributed by atoms with Gasteiger partial charge in [-0.2, -0.15) is 210 Å². The van der Waals surface area contributed by atoms with E-state index in [0.29, 0.717) is 7.11 Å². The van der Waals surface area contributed by atoms with Crippen molar-refractivity contribution >= 4 is 0 Å². The fraction of sp³-hybridized carbons (Fsp3) is 1.00. The van der Waals surface area contributed by atoms with Gasteiger partial charge in [-0.15, -0.1) is 0 Å². The number of methoxy groups -OCH3 is 1. The Morgan fingerprint density at radius 1 is 0.236 bits per heavy atom. The van der Waals surface area contributed by atoms with E-state index < -0.39 is 182 Å². The third kappa shape index (κ3) is 1060. The normalized spacial score (nSPS) is 12.6. The minimum absolute atomic E-state index is 0.519. The maximum absolute atomic E-state index is 11.9. The van der Waals surface area contributed by atoms with Gasteiger partial charge in [0.2, 0.25) is 6.23 Å². The van der Waals surface area contributed by atoms with Crippen LogP contribution in [0.15, 0.2) is 0 Å². The maximum atomic E-state index is 11.9. The van der Waals surface area contributed by atoms with Gasteiger partial charge in [-0.05, 0) is 0 Å². The smallest absolute Gasteiger partial charge is 0.289 e. The van der Waals surface area contributed by atoms with E-state index in [4.69, 9.17) is 280 Å². The van der Waals surface area contributed by atoms with E-state index in [1.165, 1.54) is 0 Å². The van der Waals surface area contributed by atoms with Gasteiger partial charge in [0, 0.05) is 7.11 Å². The van der Waals surface area contributed by atoms with Crippen LogP contribution in [-0.4, -0.2) is 105 Å². The summed E-state index contributed by atoms with van der Waals surface area (Å²) in [5.74, 6) is -4.06. The van der Waals surface area contributed by atoms with Crippen molar-refractivity contribution in [3.05, 3.63) is 0 Å². The first kappa shape index (κ1) is 130. The molecule has 0 rings (SSSR count). The van der Waals surface area contributed by atoms with E-state index in [2.05, 4.69) is 10.5 Å². The SMILES string of the molecule is COC(N(F)F)C(N)(N(F)F)N(F)F.[O-][Cl+3]([O-])([O-])O.[O-][Cl+3]([O-])([O-])O.[O-][Cl+3]([O-])([O-])O.[O-][Cl+3]([O-])([O-])O.[O-][Cl+3]([O-])([O-])O.[O-][Cl+3]([O-])([O-])O.[O-][Cl+3]([O-])([O-])O.[O-][Cl+3]([O-])([O-])O.[O-][Cl+3]([O-])([O-])O.[O-][Cl+3]([O-])([O-])O.[O-][Cl+3]([O-])([O-])O.[O-][Cl+3]([O-])([O-])O.[O-][Cl+3]([O-])([O-])O.[O-][Cl+3]([O-])([O-])O.[O-][Cl+3]([O-])([O-])O. The Hall–Kier alpha value is 1.33. The van der Waals surface area contributed by atoms with Gasteiger partial charge in [-0.1, -0.05) is 26.9 Å². The highest BCUT2D eigenvalue weighted by Gasteiger charge is 2.55. The van der Waals surface area contributed by atoms with Gasteiger partial charge in [0.05, 0.1) is 240 Å². The number of hydrogen-bond acceptors (Lipinski definition) is 65. The first-order valence-corrected chi connectivity index (χ1v) is 31.4. The molecule has 0 aromatic heterocycles. The van der Waals surface area contributed by atoms with Crippen LogP contribution < -0.4 is 215 Å². The molecule has 1 unspecified atom stereocenters. The molecule has 0 aromatic rings. The molecule has 0 radical (unpaired) electrons. The summed E-state index contributed by atoms with van der Waals surface area (Å²) in [6, 6.07) is 0. The molecule has 0 fully saturated rings. The molecule has 0 aliphatic heterocycles. The fourth-order valence-electron chi connectivity index (χ4n) is 0.621. The van der Waals surface area contributed by atoms with Crippen molar-refractivity contribution in [2.45, 2.75) is 12.0 Å². The molecule has 0 aliphatic rings. The van der Waals surface area contributed by atoms with E-state index in [1.54, 1.807) is 0 Å². The highest BCUT2D eigenvalue weighted by molar-refractivity contribution is 4.76. The summed E-state index contributed by atoms with van der Waals surface area (Å²) in [7, 11) is -69.9. The second-order valence-corrected chi connectivity index (χ2v) is 19.9. The van der Waals surface area contributed by atoms with Crippen molar-refractivity contribution in [1.82, 2.24) is 16.0 Å². The molecule has 65 nitrogen and oxygen atoms in total. The summed E-state index contributed by atoms with van der Waals surface area (Å²) in [5.41, 5.74) is 4.34. The molecular weight excluding hydrogens is 1710 g/mol. The van der Waals surface area contributed by atoms with Crippen LogP contribution in [0.3, 0.4) is 0 Å². The zero-order valence-electron chi connectivity index (χ0n) is 37.4. The van der Waals surface area contributed by atoms with E-state index >= 15 is 0 Å². The predicted molar refractivity (Wildman–Crippen MR) is 63.2 cm³/mol. The third-order valence-electron chi connectivity index (χ3n) is 1.31. The lowest BCUT2D eigenvalue weighted by Gasteiger charge is -2.33. The lowest BCUT2D eigenvalue weighted by Crippen LogP contribution is -2.67. The number of rotatable bonds is 5. The molecule has 0 bridgehead atoms. The molecule has 0 saturated carbocycles. The number of halogens is 21. The summed E-state index contributed by atoms with van der Waals surface area (Å²) in [6.07, 6.45) is -3.02. The molecule has 0 amide bonds. The van der Waals surface area contributed by atoms with Gasteiger partial charge >= 0.3 is 0 Å². The van der Waals surface area contributed by atoms with Crippen LogP contribution in [0.5, 0.6) is 0 Å². The van der Waals surface area contributed by atoms with Gasteiger partial charge in [-0.25, -0.2) is 0 Å². The standard InChI is InChI=1S/C3H6F6N4O.15ClHO4/c1-14-2(11(4)5)3(10,12(6)7)13(8)9;15*2-1(3,4)5/h2H,10H2,1H3;15*(H,2,3,4,5). The molecule has 17 N–H and O–H groups in total. The van der Waals surface area contributed by atoms with Crippen molar-refractivity contribution in [3.63, 3.8) is 0 Å². The first-order valence-electron chi connectivity index (χ1n) is 12.4.